The van der Waals surface area contributed by atoms with Gasteiger partial charge in [-0.05, 0) is 32.4 Å². The Hall–Kier alpha value is -2.67. The second-order valence-electron chi connectivity index (χ2n) is 6.99. The fourth-order valence-electron chi connectivity index (χ4n) is 3.55. The van der Waals surface area contributed by atoms with Crippen LogP contribution in [-0.2, 0) is 13.6 Å². The van der Waals surface area contributed by atoms with E-state index in [1.165, 1.54) is 11.8 Å². The van der Waals surface area contributed by atoms with Gasteiger partial charge >= 0.3 is 0 Å². The van der Waals surface area contributed by atoms with Gasteiger partial charge in [-0.15, -0.1) is 10.2 Å². The topological polar surface area (TPSA) is 65.6 Å². The summed E-state index contributed by atoms with van der Waals surface area (Å²) in [6.07, 6.45) is 1.01. The van der Waals surface area contributed by atoms with Crippen molar-refractivity contribution >= 4 is 39.6 Å². The van der Waals surface area contributed by atoms with Crippen LogP contribution in [-0.4, -0.2) is 35.9 Å². The second kappa shape index (κ2) is 7.39. The van der Waals surface area contributed by atoms with E-state index in [0.29, 0.717) is 10.9 Å². The number of rotatable bonds is 6. The normalized spacial score (nSPS) is 11.6. The van der Waals surface area contributed by atoms with Gasteiger partial charge in [0.05, 0.1) is 11.3 Å². The van der Waals surface area contributed by atoms with Gasteiger partial charge in [0, 0.05) is 35.9 Å². The Bertz CT molecular complexity index is 1190. The molecular weight excluding hydrogens is 370 g/mol. The summed E-state index contributed by atoms with van der Waals surface area (Å²) in [5.74, 6) is 0.384. The number of para-hydroxylation sites is 1. The number of hydrogen-bond donors (Lipinski definition) is 0. The predicted octanol–water partition coefficient (Wildman–Crippen LogP) is 4.32. The third-order valence-electron chi connectivity index (χ3n) is 5.21. The number of fused-ring (bicyclic) bond motifs is 3. The quantitative estimate of drug-likeness (QED) is 0.360. The molecule has 1 aromatic carbocycles. The summed E-state index contributed by atoms with van der Waals surface area (Å²) in [4.78, 5) is 17.4. The maximum Gasteiger partial charge on any atom is 0.211 e. The molecule has 0 saturated heterocycles. The van der Waals surface area contributed by atoms with Gasteiger partial charge in [-0.3, -0.25) is 4.79 Å². The number of aromatic nitrogens is 5. The number of Topliss-reactive ketones (excluding diaryl/α,β-unsaturated/α-hetero) is 1. The third-order valence-corrected chi connectivity index (χ3v) is 6.05. The number of benzene rings is 1. The van der Waals surface area contributed by atoms with Crippen molar-refractivity contribution in [1.82, 2.24) is 24.3 Å². The maximum atomic E-state index is 12.7. The average Bonchev–Trinajstić information content (AvgIpc) is 3.16. The van der Waals surface area contributed by atoms with Crippen molar-refractivity contribution in [1.29, 1.82) is 0 Å². The summed E-state index contributed by atoms with van der Waals surface area (Å²) >= 11 is 1.34. The van der Waals surface area contributed by atoms with E-state index in [4.69, 9.17) is 4.98 Å². The molecule has 144 valence electrons. The van der Waals surface area contributed by atoms with E-state index >= 15 is 0 Å². The molecule has 3 aromatic heterocycles. The Balaban J connectivity index is 1.64. The fourth-order valence-corrected chi connectivity index (χ4v) is 4.21. The lowest BCUT2D eigenvalue weighted by molar-refractivity contribution is 0.102. The standard InChI is InChI=1S/C21H23N5OS/c1-5-10-26-17-9-7-6-8-15(17)19-20(26)22-21(24-23-19)28-12-18(27)16-11-13(2)25(4)14(16)3/h6-9,11H,5,10,12H2,1-4H3. The van der Waals surface area contributed by atoms with Crippen molar-refractivity contribution in [3.05, 3.63) is 47.3 Å². The second-order valence-corrected chi connectivity index (χ2v) is 7.93. The maximum absolute atomic E-state index is 12.7. The van der Waals surface area contributed by atoms with E-state index in [0.717, 1.165) is 52.0 Å². The van der Waals surface area contributed by atoms with Crippen molar-refractivity contribution in [2.45, 2.75) is 38.9 Å². The highest BCUT2D eigenvalue weighted by molar-refractivity contribution is 7.99. The lowest BCUT2D eigenvalue weighted by Crippen LogP contribution is -2.06. The molecule has 7 heteroatoms. The fraction of sp³-hybridized carbons (Fsp3) is 0.333. The van der Waals surface area contributed by atoms with Crippen molar-refractivity contribution in [3.63, 3.8) is 0 Å². The number of hydrogen-bond acceptors (Lipinski definition) is 5. The van der Waals surface area contributed by atoms with Gasteiger partial charge in [-0.25, -0.2) is 4.98 Å². The van der Waals surface area contributed by atoms with Crippen LogP contribution >= 0.6 is 11.8 Å². The van der Waals surface area contributed by atoms with Crippen LogP contribution in [0.2, 0.25) is 0 Å². The van der Waals surface area contributed by atoms with Crippen molar-refractivity contribution in [2.75, 3.05) is 5.75 Å². The van der Waals surface area contributed by atoms with Crippen molar-refractivity contribution in [3.8, 4) is 0 Å². The molecule has 6 nitrogen and oxygen atoms in total. The van der Waals surface area contributed by atoms with Crippen LogP contribution in [0.5, 0.6) is 0 Å². The number of aryl methyl sites for hydroxylation is 2. The minimum atomic E-state index is 0.0870. The molecule has 0 aliphatic heterocycles. The highest BCUT2D eigenvalue weighted by atomic mass is 32.2. The molecule has 0 amide bonds. The molecule has 0 atom stereocenters. The molecule has 4 aromatic rings. The van der Waals surface area contributed by atoms with E-state index in [2.05, 4.69) is 33.8 Å². The molecule has 0 spiro atoms. The summed E-state index contributed by atoms with van der Waals surface area (Å²) in [6, 6.07) is 10.1. The van der Waals surface area contributed by atoms with E-state index in [-0.39, 0.29) is 5.78 Å². The zero-order valence-corrected chi connectivity index (χ0v) is 17.4. The zero-order chi connectivity index (χ0) is 19.8. The summed E-state index contributed by atoms with van der Waals surface area (Å²) in [6.45, 7) is 6.99. The van der Waals surface area contributed by atoms with Gasteiger partial charge < -0.3 is 9.13 Å². The molecule has 0 N–H and O–H groups in total. The number of carbonyl (C=O) groups is 1. The largest absolute Gasteiger partial charge is 0.351 e. The predicted molar refractivity (Wildman–Crippen MR) is 113 cm³/mol. The minimum Gasteiger partial charge on any atom is -0.351 e. The molecule has 28 heavy (non-hydrogen) atoms. The Labute approximate surface area is 168 Å². The molecule has 3 heterocycles. The smallest absolute Gasteiger partial charge is 0.211 e. The lowest BCUT2D eigenvalue weighted by Gasteiger charge is -2.05. The van der Waals surface area contributed by atoms with Gasteiger partial charge in [0.25, 0.3) is 0 Å². The Kier molecular flexibility index (Phi) is 4.93. The van der Waals surface area contributed by atoms with Crippen LogP contribution in [0, 0.1) is 13.8 Å². The molecule has 0 unspecified atom stereocenters. The lowest BCUT2D eigenvalue weighted by atomic mass is 10.2. The third kappa shape index (κ3) is 3.09. The van der Waals surface area contributed by atoms with Crippen molar-refractivity contribution < 1.29 is 4.79 Å². The van der Waals surface area contributed by atoms with Gasteiger partial charge in [0.1, 0.15) is 5.52 Å². The van der Waals surface area contributed by atoms with Gasteiger partial charge in [0.15, 0.2) is 11.4 Å². The summed E-state index contributed by atoms with van der Waals surface area (Å²) < 4.78 is 4.22. The minimum absolute atomic E-state index is 0.0870. The van der Waals surface area contributed by atoms with Crippen molar-refractivity contribution in [2.24, 2.45) is 7.05 Å². The van der Waals surface area contributed by atoms with Crippen LogP contribution in [0.1, 0.15) is 35.1 Å². The first-order valence-corrected chi connectivity index (χ1v) is 10.4. The first-order chi connectivity index (χ1) is 13.5. The number of nitrogens with zero attached hydrogens (tertiary/aromatic N) is 5. The molecule has 4 rings (SSSR count). The van der Waals surface area contributed by atoms with Gasteiger partial charge in [-0.2, -0.15) is 0 Å². The molecular formula is C21H23N5OS. The molecule has 0 aliphatic rings. The van der Waals surface area contributed by atoms with E-state index < -0.39 is 0 Å². The van der Waals surface area contributed by atoms with Crippen LogP contribution < -0.4 is 0 Å². The number of ketones is 1. The van der Waals surface area contributed by atoms with Crippen LogP contribution in [0.15, 0.2) is 35.5 Å². The first-order valence-electron chi connectivity index (χ1n) is 9.41. The number of carbonyl (C=O) groups excluding carboxylic acids is 1. The Morgan fingerprint density at radius 1 is 1.18 bits per heavy atom. The average molecular weight is 394 g/mol. The van der Waals surface area contributed by atoms with Crippen LogP contribution in [0.4, 0.5) is 0 Å². The Morgan fingerprint density at radius 3 is 2.68 bits per heavy atom. The summed E-state index contributed by atoms with van der Waals surface area (Å²) in [5.41, 5.74) is 5.60. The van der Waals surface area contributed by atoms with E-state index in [1.807, 2.05) is 43.7 Å². The van der Waals surface area contributed by atoms with Crippen LogP contribution in [0.25, 0.3) is 22.1 Å². The molecule has 0 radical (unpaired) electrons. The summed E-state index contributed by atoms with van der Waals surface area (Å²) in [7, 11) is 1.97. The van der Waals surface area contributed by atoms with E-state index in [9.17, 15) is 4.79 Å². The monoisotopic (exact) mass is 393 g/mol. The first kappa shape index (κ1) is 18.7. The van der Waals surface area contributed by atoms with E-state index in [1.54, 1.807) is 0 Å². The molecule has 0 fully saturated rings. The SMILES string of the molecule is CCCn1c2ccccc2c2nnc(SCC(=O)c3cc(C)n(C)c3C)nc21. The van der Waals surface area contributed by atoms with Crippen LogP contribution in [0.3, 0.4) is 0 Å². The number of thioether (sulfide) groups is 1. The molecule has 0 saturated carbocycles. The summed E-state index contributed by atoms with van der Waals surface area (Å²) in [5, 5.41) is 10.3. The Morgan fingerprint density at radius 2 is 1.96 bits per heavy atom. The molecule has 0 aliphatic carbocycles. The zero-order valence-electron chi connectivity index (χ0n) is 16.6. The highest BCUT2D eigenvalue weighted by Gasteiger charge is 2.17. The molecule has 0 bridgehead atoms. The van der Waals surface area contributed by atoms with Gasteiger partial charge in [-0.1, -0.05) is 36.9 Å². The highest BCUT2D eigenvalue weighted by Crippen LogP contribution is 2.27. The van der Waals surface area contributed by atoms with Gasteiger partial charge in [0.2, 0.25) is 5.16 Å².